The molecule has 2 unspecified atom stereocenters. The average molecular weight is 200 g/mol. The van der Waals surface area contributed by atoms with Gasteiger partial charge in [-0.2, -0.15) is 0 Å². The third-order valence-electron chi connectivity index (χ3n) is 1.35. The first-order chi connectivity index (χ1) is 7.22. The smallest absolute Gasteiger partial charge is 0.102 e. The van der Waals surface area contributed by atoms with Crippen LogP contribution < -0.4 is 0 Å². The Kier molecular flexibility index (Phi) is 7.56. The molecule has 2 nitrogen and oxygen atoms in total. The summed E-state index contributed by atoms with van der Waals surface area (Å²) in [5.41, 5.74) is 0. The summed E-state index contributed by atoms with van der Waals surface area (Å²) >= 11 is 0. The molecule has 0 spiro atoms. The van der Waals surface area contributed by atoms with Crippen LogP contribution in [0.3, 0.4) is 0 Å². The van der Waals surface area contributed by atoms with Crippen molar-refractivity contribution in [2.24, 2.45) is 0 Å². The van der Waals surface area contributed by atoms with Crippen molar-refractivity contribution < 1.29 is 10.2 Å². The van der Waals surface area contributed by atoms with Crippen molar-refractivity contribution in [1.29, 1.82) is 0 Å². The van der Waals surface area contributed by atoms with Crippen molar-refractivity contribution in [3.05, 3.63) is 24.8 Å². The summed E-state index contributed by atoms with van der Waals surface area (Å²) in [5.74, 6) is 15.2. The minimum atomic E-state index is -0.986. The quantitative estimate of drug-likeness (QED) is 0.514. The summed E-state index contributed by atoms with van der Waals surface area (Å²) in [7, 11) is 0. The number of hydrogen-bond donors (Lipinski definition) is 2. The second-order valence-electron chi connectivity index (χ2n) is 2.47. The van der Waals surface area contributed by atoms with Crippen LogP contribution in [0.2, 0.25) is 0 Å². The van der Waals surface area contributed by atoms with Crippen molar-refractivity contribution in [2.75, 3.05) is 0 Å². The normalized spacial score (nSPS) is 12.2. The van der Waals surface area contributed by atoms with Crippen molar-refractivity contribution in [2.45, 2.75) is 19.1 Å². The predicted octanol–water partition coefficient (Wildman–Crippen LogP) is 0.480. The maximum absolute atomic E-state index is 9.22. The van der Waals surface area contributed by atoms with Crippen molar-refractivity contribution in [3.63, 3.8) is 0 Å². The van der Waals surface area contributed by atoms with E-state index in [1.807, 2.05) is 0 Å². The van der Waals surface area contributed by atoms with Gasteiger partial charge in [0.2, 0.25) is 0 Å². The molecule has 0 heterocycles. The molecule has 2 atom stereocenters. The molecule has 2 heteroatoms. The molecule has 15 heavy (non-hydrogen) atoms. The van der Waals surface area contributed by atoms with Crippen LogP contribution in [0, 0.1) is 35.5 Å². The van der Waals surface area contributed by atoms with Gasteiger partial charge in [0.05, 0.1) is 0 Å². The highest BCUT2D eigenvalue weighted by atomic mass is 16.3. The van der Waals surface area contributed by atoms with E-state index in [0.29, 0.717) is 0 Å². The molecule has 0 aliphatic heterocycles. The summed E-state index contributed by atoms with van der Waals surface area (Å²) in [5, 5.41) is 18.3. The molecular weight excluding hydrogens is 188 g/mol. The van der Waals surface area contributed by atoms with Gasteiger partial charge in [-0.25, -0.2) is 0 Å². The standard InChI is InChI=1S/C13H12O2/c1-3-5-6-7-8-9-10-11-13(15)12(14)4-2/h4,10-15H,2H2,1H3. The molecule has 0 aliphatic carbocycles. The highest BCUT2D eigenvalue weighted by molar-refractivity contribution is 5.37. The van der Waals surface area contributed by atoms with Crippen molar-refractivity contribution in [3.8, 4) is 35.5 Å². The molecule has 0 rings (SSSR count). The lowest BCUT2D eigenvalue weighted by Crippen LogP contribution is -2.20. The largest absolute Gasteiger partial charge is 0.386 e. The third kappa shape index (κ3) is 7.17. The number of hydrogen-bond acceptors (Lipinski definition) is 2. The van der Waals surface area contributed by atoms with E-state index in [1.54, 1.807) is 6.92 Å². The molecular formula is C13H12O2. The molecule has 0 radical (unpaired) electrons. The molecule has 0 aromatic carbocycles. The summed E-state index contributed by atoms with van der Waals surface area (Å²) in [6.45, 7) is 5.03. The van der Waals surface area contributed by atoms with Crippen LogP contribution in [0.4, 0.5) is 0 Å². The van der Waals surface area contributed by atoms with Crippen LogP contribution in [0.15, 0.2) is 24.8 Å². The molecule has 0 amide bonds. The van der Waals surface area contributed by atoms with Crippen molar-refractivity contribution >= 4 is 0 Å². The fourth-order valence-electron chi connectivity index (χ4n) is 0.603. The van der Waals surface area contributed by atoms with Crippen molar-refractivity contribution in [1.82, 2.24) is 0 Å². The van der Waals surface area contributed by atoms with E-state index >= 15 is 0 Å². The summed E-state index contributed by atoms with van der Waals surface area (Å²) in [6, 6.07) is 0. The predicted molar refractivity (Wildman–Crippen MR) is 60.4 cm³/mol. The van der Waals surface area contributed by atoms with E-state index in [0.717, 1.165) is 0 Å². The number of aliphatic hydroxyl groups is 2. The lowest BCUT2D eigenvalue weighted by molar-refractivity contribution is 0.0811. The third-order valence-corrected chi connectivity index (χ3v) is 1.35. The van der Waals surface area contributed by atoms with Gasteiger partial charge in [0.1, 0.15) is 12.2 Å². The molecule has 0 saturated heterocycles. The molecule has 0 aromatic rings. The monoisotopic (exact) mass is 200 g/mol. The van der Waals surface area contributed by atoms with Gasteiger partial charge in [-0.15, -0.1) is 6.58 Å². The molecule has 0 bridgehead atoms. The van der Waals surface area contributed by atoms with E-state index in [-0.39, 0.29) is 0 Å². The Morgan fingerprint density at radius 3 is 2.33 bits per heavy atom. The Balaban J connectivity index is 4.14. The van der Waals surface area contributed by atoms with E-state index in [1.165, 1.54) is 18.2 Å². The Morgan fingerprint density at radius 1 is 1.07 bits per heavy atom. The summed E-state index contributed by atoms with van der Waals surface area (Å²) < 4.78 is 0. The number of allylic oxidation sites excluding steroid dienone is 1. The van der Waals surface area contributed by atoms with Crippen LogP contribution in [-0.2, 0) is 0 Å². The van der Waals surface area contributed by atoms with Crippen LogP contribution in [-0.4, -0.2) is 22.4 Å². The van der Waals surface area contributed by atoms with Gasteiger partial charge in [0.25, 0.3) is 0 Å². The number of aliphatic hydroxyl groups excluding tert-OH is 2. The first-order valence-corrected chi connectivity index (χ1v) is 4.30. The van der Waals surface area contributed by atoms with Gasteiger partial charge >= 0.3 is 0 Å². The highest BCUT2D eigenvalue weighted by Crippen LogP contribution is 1.95. The average Bonchev–Trinajstić information content (AvgIpc) is 2.26. The van der Waals surface area contributed by atoms with Crippen LogP contribution >= 0.6 is 0 Å². The highest BCUT2D eigenvalue weighted by Gasteiger charge is 2.06. The van der Waals surface area contributed by atoms with Gasteiger partial charge < -0.3 is 10.2 Å². The topological polar surface area (TPSA) is 40.5 Å². The first-order valence-electron chi connectivity index (χ1n) is 4.30. The van der Waals surface area contributed by atoms with Gasteiger partial charge in [0.15, 0.2) is 0 Å². The zero-order chi connectivity index (χ0) is 11.5. The lowest BCUT2D eigenvalue weighted by Gasteiger charge is -2.07. The van der Waals surface area contributed by atoms with E-state index in [4.69, 9.17) is 5.11 Å². The maximum Gasteiger partial charge on any atom is 0.102 e. The Bertz CT molecular complexity index is 399. The second-order valence-corrected chi connectivity index (χ2v) is 2.47. The van der Waals surface area contributed by atoms with E-state index in [9.17, 15) is 5.11 Å². The van der Waals surface area contributed by atoms with Gasteiger partial charge in [0, 0.05) is 0 Å². The van der Waals surface area contributed by atoms with E-state index in [2.05, 4.69) is 42.1 Å². The fraction of sp³-hybridized carbons (Fsp3) is 0.231. The molecule has 0 aliphatic rings. The van der Waals surface area contributed by atoms with Crippen LogP contribution in [0.1, 0.15) is 6.92 Å². The van der Waals surface area contributed by atoms with Crippen LogP contribution in [0.5, 0.6) is 0 Å². The van der Waals surface area contributed by atoms with Crippen LogP contribution in [0.25, 0.3) is 0 Å². The lowest BCUT2D eigenvalue weighted by atomic mass is 10.2. The SMILES string of the molecule is C=CC(O)C(O)C=CC#CC#CC#CC. The second kappa shape index (κ2) is 8.67. The maximum atomic E-state index is 9.22. The summed E-state index contributed by atoms with van der Waals surface area (Å²) in [4.78, 5) is 0. The zero-order valence-corrected chi connectivity index (χ0v) is 8.49. The number of rotatable bonds is 3. The first kappa shape index (κ1) is 13.1. The minimum absolute atomic E-state index is 0.972. The minimum Gasteiger partial charge on any atom is -0.386 e. The Labute approximate surface area is 90.3 Å². The molecule has 0 fully saturated rings. The summed E-state index contributed by atoms with van der Waals surface area (Å²) in [6.07, 6.45) is 2.08. The van der Waals surface area contributed by atoms with Gasteiger partial charge in [-0.1, -0.05) is 17.9 Å². The molecule has 2 N–H and O–H groups in total. The molecule has 0 aromatic heterocycles. The fourth-order valence-corrected chi connectivity index (χ4v) is 0.603. The van der Waals surface area contributed by atoms with Gasteiger partial charge in [-0.3, -0.25) is 0 Å². The molecule has 0 saturated carbocycles. The Hall–Kier alpha value is -1.92. The Morgan fingerprint density at radius 2 is 1.73 bits per heavy atom. The zero-order valence-electron chi connectivity index (χ0n) is 8.49. The molecule has 76 valence electrons. The van der Waals surface area contributed by atoms with Gasteiger partial charge in [-0.05, 0) is 42.8 Å². The van der Waals surface area contributed by atoms with E-state index < -0.39 is 12.2 Å².